The third-order valence-corrected chi connectivity index (χ3v) is 3.89. The zero-order valence-corrected chi connectivity index (χ0v) is 11.8. The number of aromatic nitrogens is 1. The second-order valence-corrected chi connectivity index (χ2v) is 5.50. The van der Waals surface area contributed by atoms with Gasteiger partial charge in [-0.25, -0.2) is 0 Å². The predicted octanol–water partition coefficient (Wildman–Crippen LogP) is 2.06. The molecule has 1 fully saturated rings. The predicted molar refractivity (Wildman–Crippen MR) is 79.7 cm³/mol. The summed E-state index contributed by atoms with van der Waals surface area (Å²) in [6.07, 6.45) is 1.74. The van der Waals surface area contributed by atoms with E-state index in [4.69, 9.17) is 0 Å². The first-order chi connectivity index (χ1) is 9.66. The summed E-state index contributed by atoms with van der Waals surface area (Å²) in [6, 6.07) is 10.2. The fourth-order valence-corrected chi connectivity index (χ4v) is 2.74. The molecule has 0 bridgehead atoms. The van der Waals surface area contributed by atoms with Crippen LogP contribution in [0.5, 0.6) is 0 Å². The van der Waals surface area contributed by atoms with Gasteiger partial charge < -0.3 is 10.2 Å². The number of carbonyl (C=O) groups excluding carboxylic acids is 1. The van der Waals surface area contributed by atoms with Gasteiger partial charge in [-0.1, -0.05) is 18.2 Å². The zero-order valence-electron chi connectivity index (χ0n) is 11.8. The Kier molecular flexibility index (Phi) is 3.40. The lowest BCUT2D eigenvalue weighted by Crippen LogP contribution is -2.56. The standard InChI is InChI=1S/C16H19N3O/c1-11-10-19(12(2)9-18-11)16(20)14-7-3-5-13-6-4-8-17-15(13)14/h3-8,11-12,18H,9-10H2,1-2H3. The number of para-hydroxylation sites is 1. The summed E-state index contributed by atoms with van der Waals surface area (Å²) < 4.78 is 0. The molecule has 20 heavy (non-hydrogen) atoms. The van der Waals surface area contributed by atoms with Crippen molar-refractivity contribution in [3.05, 3.63) is 42.1 Å². The van der Waals surface area contributed by atoms with Crippen molar-refractivity contribution in [2.45, 2.75) is 25.9 Å². The molecule has 1 N–H and O–H groups in total. The molecule has 2 aromatic rings. The molecule has 2 unspecified atom stereocenters. The Labute approximate surface area is 118 Å². The van der Waals surface area contributed by atoms with Gasteiger partial charge in [0.15, 0.2) is 0 Å². The molecule has 3 rings (SSSR count). The number of hydrogen-bond donors (Lipinski definition) is 1. The Morgan fingerprint density at radius 1 is 1.30 bits per heavy atom. The van der Waals surface area contributed by atoms with E-state index in [2.05, 4.69) is 24.1 Å². The van der Waals surface area contributed by atoms with E-state index in [-0.39, 0.29) is 11.9 Å². The van der Waals surface area contributed by atoms with Gasteiger partial charge in [0, 0.05) is 36.8 Å². The normalized spacial score (nSPS) is 23.0. The van der Waals surface area contributed by atoms with Crippen molar-refractivity contribution in [3.8, 4) is 0 Å². The quantitative estimate of drug-likeness (QED) is 0.862. The lowest BCUT2D eigenvalue weighted by Gasteiger charge is -2.37. The summed E-state index contributed by atoms with van der Waals surface area (Å²) >= 11 is 0. The van der Waals surface area contributed by atoms with Crippen molar-refractivity contribution < 1.29 is 4.79 Å². The van der Waals surface area contributed by atoms with Crippen molar-refractivity contribution in [2.75, 3.05) is 13.1 Å². The Bertz CT molecular complexity index is 635. The summed E-state index contributed by atoms with van der Waals surface area (Å²) in [7, 11) is 0. The number of carbonyl (C=O) groups is 1. The Balaban J connectivity index is 2.00. The average molecular weight is 269 g/mol. The fourth-order valence-electron chi connectivity index (χ4n) is 2.74. The third-order valence-electron chi connectivity index (χ3n) is 3.89. The number of pyridine rings is 1. The molecule has 4 heteroatoms. The molecule has 1 aliphatic heterocycles. The molecule has 0 saturated carbocycles. The number of rotatable bonds is 1. The first-order valence-corrected chi connectivity index (χ1v) is 7.05. The van der Waals surface area contributed by atoms with E-state index >= 15 is 0 Å². The highest BCUT2D eigenvalue weighted by Crippen LogP contribution is 2.19. The highest BCUT2D eigenvalue weighted by Gasteiger charge is 2.28. The van der Waals surface area contributed by atoms with Gasteiger partial charge in [0.1, 0.15) is 0 Å². The van der Waals surface area contributed by atoms with Crippen LogP contribution >= 0.6 is 0 Å². The molecule has 1 amide bonds. The molecular formula is C16H19N3O. The van der Waals surface area contributed by atoms with Crippen LogP contribution in [0.4, 0.5) is 0 Å². The van der Waals surface area contributed by atoms with Crippen LogP contribution in [0.1, 0.15) is 24.2 Å². The minimum atomic E-state index is 0.0788. The van der Waals surface area contributed by atoms with Gasteiger partial charge >= 0.3 is 0 Å². The van der Waals surface area contributed by atoms with Gasteiger partial charge in [0.25, 0.3) is 5.91 Å². The van der Waals surface area contributed by atoms with Crippen LogP contribution in [0.15, 0.2) is 36.5 Å². The van der Waals surface area contributed by atoms with Gasteiger partial charge in [-0.15, -0.1) is 0 Å². The molecular weight excluding hydrogens is 250 g/mol. The van der Waals surface area contributed by atoms with E-state index in [1.54, 1.807) is 6.20 Å². The Hall–Kier alpha value is -1.94. The van der Waals surface area contributed by atoms with Crippen LogP contribution in [-0.4, -0.2) is 41.0 Å². The molecule has 2 heterocycles. The largest absolute Gasteiger partial charge is 0.333 e. The van der Waals surface area contributed by atoms with Crippen LogP contribution in [0.25, 0.3) is 10.9 Å². The monoisotopic (exact) mass is 269 g/mol. The minimum absolute atomic E-state index is 0.0788. The molecule has 1 aromatic carbocycles. The van der Waals surface area contributed by atoms with Gasteiger partial charge in [0.2, 0.25) is 0 Å². The molecule has 0 aliphatic carbocycles. The first-order valence-electron chi connectivity index (χ1n) is 7.05. The van der Waals surface area contributed by atoms with Crippen LogP contribution in [0.2, 0.25) is 0 Å². The summed E-state index contributed by atoms with van der Waals surface area (Å²) in [5.41, 5.74) is 1.49. The number of nitrogens with one attached hydrogen (secondary N) is 1. The molecule has 4 nitrogen and oxygen atoms in total. The molecule has 0 radical (unpaired) electrons. The average Bonchev–Trinajstić information content (AvgIpc) is 2.48. The van der Waals surface area contributed by atoms with E-state index in [1.165, 1.54) is 0 Å². The maximum atomic E-state index is 12.8. The summed E-state index contributed by atoms with van der Waals surface area (Å²) in [5.74, 6) is 0.0788. The zero-order chi connectivity index (χ0) is 14.1. The van der Waals surface area contributed by atoms with Crippen LogP contribution in [-0.2, 0) is 0 Å². The Morgan fingerprint density at radius 3 is 2.95 bits per heavy atom. The maximum absolute atomic E-state index is 12.8. The van der Waals surface area contributed by atoms with Crippen molar-refractivity contribution in [1.29, 1.82) is 0 Å². The van der Waals surface area contributed by atoms with Gasteiger partial charge in [-0.2, -0.15) is 0 Å². The van der Waals surface area contributed by atoms with E-state index in [0.29, 0.717) is 11.6 Å². The van der Waals surface area contributed by atoms with Crippen molar-refractivity contribution in [3.63, 3.8) is 0 Å². The Morgan fingerprint density at radius 2 is 2.10 bits per heavy atom. The highest BCUT2D eigenvalue weighted by molar-refractivity contribution is 6.05. The summed E-state index contributed by atoms with van der Waals surface area (Å²) in [6.45, 7) is 5.76. The molecule has 2 atom stereocenters. The molecule has 1 aromatic heterocycles. The van der Waals surface area contributed by atoms with E-state index in [1.807, 2.05) is 35.2 Å². The number of benzene rings is 1. The summed E-state index contributed by atoms with van der Waals surface area (Å²) in [5, 5.41) is 4.40. The van der Waals surface area contributed by atoms with Crippen LogP contribution in [0.3, 0.4) is 0 Å². The topological polar surface area (TPSA) is 45.2 Å². The van der Waals surface area contributed by atoms with Crippen molar-refractivity contribution in [2.24, 2.45) is 0 Å². The SMILES string of the molecule is CC1CN(C(=O)c2cccc3cccnc23)C(C)CN1. The molecule has 1 aliphatic rings. The second-order valence-electron chi connectivity index (χ2n) is 5.50. The van der Waals surface area contributed by atoms with E-state index in [0.717, 1.165) is 24.0 Å². The number of piperazine rings is 1. The molecule has 1 saturated heterocycles. The van der Waals surface area contributed by atoms with Gasteiger partial charge in [-0.3, -0.25) is 9.78 Å². The summed E-state index contributed by atoms with van der Waals surface area (Å²) in [4.78, 5) is 19.2. The van der Waals surface area contributed by atoms with Crippen molar-refractivity contribution >= 4 is 16.8 Å². The number of amides is 1. The van der Waals surface area contributed by atoms with Crippen LogP contribution < -0.4 is 5.32 Å². The smallest absolute Gasteiger partial charge is 0.256 e. The van der Waals surface area contributed by atoms with E-state index in [9.17, 15) is 4.79 Å². The van der Waals surface area contributed by atoms with Gasteiger partial charge in [-0.05, 0) is 26.0 Å². The molecule has 104 valence electrons. The molecule has 0 spiro atoms. The lowest BCUT2D eigenvalue weighted by atomic mass is 10.1. The lowest BCUT2D eigenvalue weighted by molar-refractivity contribution is 0.0618. The fraction of sp³-hybridized carbons (Fsp3) is 0.375. The number of nitrogens with zero attached hydrogens (tertiary/aromatic N) is 2. The van der Waals surface area contributed by atoms with E-state index < -0.39 is 0 Å². The third kappa shape index (κ3) is 2.27. The number of fused-ring (bicyclic) bond motifs is 1. The second kappa shape index (κ2) is 5.21. The van der Waals surface area contributed by atoms with Crippen molar-refractivity contribution in [1.82, 2.24) is 15.2 Å². The number of hydrogen-bond acceptors (Lipinski definition) is 3. The highest BCUT2D eigenvalue weighted by atomic mass is 16.2. The van der Waals surface area contributed by atoms with Gasteiger partial charge in [0.05, 0.1) is 11.1 Å². The minimum Gasteiger partial charge on any atom is -0.333 e. The van der Waals surface area contributed by atoms with Crippen LogP contribution in [0, 0.1) is 0 Å². The first kappa shape index (κ1) is 13.1. The maximum Gasteiger partial charge on any atom is 0.256 e.